The zero-order valence-electron chi connectivity index (χ0n) is 17.0. The second kappa shape index (κ2) is 8.43. The van der Waals surface area contributed by atoms with Crippen molar-refractivity contribution in [2.45, 2.75) is 32.4 Å². The molecule has 1 atom stereocenters. The molecule has 1 saturated heterocycles. The van der Waals surface area contributed by atoms with E-state index in [1.54, 1.807) is 30.3 Å². The number of hydrogen-bond donors (Lipinski definition) is 3. The molecule has 3 N–H and O–H groups in total. The first kappa shape index (κ1) is 21.5. The van der Waals surface area contributed by atoms with Gasteiger partial charge in [0.15, 0.2) is 0 Å². The van der Waals surface area contributed by atoms with Gasteiger partial charge in [-0.1, -0.05) is 29.8 Å². The summed E-state index contributed by atoms with van der Waals surface area (Å²) < 4.78 is 0. The van der Waals surface area contributed by atoms with Crippen LogP contribution in [0, 0.1) is 6.92 Å². The van der Waals surface area contributed by atoms with Crippen molar-refractivity contribution in [3.05, 3.63) is 63.7 Å². The van der Waals surface area contributed by atoms with Crippen LogP contribution in [0.4, 0.5) is 10.5 Å². The molecule has 1 fully saturated rings. The Bertz CT molecular complexity index is 1180. The molecule has 6 amide bonds. The maximum atomic E-state index is 13.1. The van der Waals surface area contributed by atoms with E-state index in [4.69, 9.17) is 11.6 Å². The predicted octanol–water partition coefficient (Wildman–Crippen LogP) is 2.37. The summed E-state index contributed by atoms with van der Waals surface area (Å²) in [4.78, 5) is 63.1. The number of hydrogen-bond acceptors (Lipinski definition) is 5. The lowest BCUT2D eigenvalue weighted by Crippen LogP contribution is -2.52. The molecular weight excluding hydrogens is 436 g/mol. The number of aryl methyl sites for hydroxylation is 1. The molecule has 0 spiro atoms. The van der Waals surface area contributed by atoms with Gasteiger partial charge in [0.05, 0.1) is 11.1 Å². The fraction of sp³-hybridized carbons (Fsp3) is 0.227. The third kappa shape index (κ3) is 4.06. The van der Waals surface area contributed by atoms with Crippen LogP contribution in [0.3, 0.4) is 0 Å². The molecule has 0 saturated carbocycles. The fourth-order valence-electron chi connectivity index (χ4n) is 3.81. The average molecular weight is 455 g/mol. The lowest BCUT2D eigenvalue weighted by Gasteiger charge is -2.29. The van der Waals surface area contributed by atoms with Crippen LogP contribution in [0.1, 0.15) is 44.7 Å². The van der Waals surface area contributed by atoms with Crippen molar-refractivity contribution in [3.8, 4) is 0 Å². The summed E-state index contributed by atoms with van der Waals surface area (Å²) in [5, 5.41) is 7.44. The Labute approximate surface area is 188 Å². The quantitative estimate of drug-likeness (QED) is 0.614. The maximum Gasteiger partial charge on any atom is 0.326 e. The van der Waals surface area contributed by atoms with Crippen LogP contribution in [0.25, 0.3) is 0 Å². The van der Waals surface area contributed by atoms with E-state index in [0.717, 1.165) is 5.56 Å². The second-order valence-corrected chi connectivity index (χ2v) is 8.02. The molecule has 0 aliphatic carbocycles. The molecule has 1 unspecified atom stereocenters. The number of carbonyl (C=O) groups is 5. The van der Waals surface area contributed by atoms with Gasteiger partial charge in [0, 0.05) is 23.7 Å². The smallest absolute Gasteiger partial charge is 0.322 e. The van der Waals surface area contributed by atoms with Crippen molar-refractivity contribution >= 4 is 46.9 Å². The van der Waals surface area contributed by atoms with Crippen LogP contribution < -0.4 is 16.0 Å². The highest BCUT2D eigenvalue weighted by Gasteiger charge is 2.40. The number of benzene rings is 2. The molecule has 164 valence electrons. The Morgan fingerprint density at radius 3 is 2.66 bits per heavy atom. The Balaban J connectivity index is 1.50. The number of anilines is 1. The fourth-order valence-corrected chi connectivity index (χ4v) is 3.99. The van der Waals surface area contributed by atoms with Crippen molar-refractivity contribution < 1.29 is 24.0 Å². The number of urea groups is 1. The van der Waals surface area contributed by atoms with Gasteiger partial charge in [0.1, 0.15) is 6.04 Å². The van der Waals surface area contributed by atoms with Crippen molar-refractivity contribution in [1.82, 2.24) is 15.5 Å². The molecule has 2 heterocycles. The first-order valence-corrected chi connectivity index (χ1v) is 10.3. The number of amides is 6. The van der Waals surface area contributed by atoms with Gasteiger partial charge >= 0.3 is 6.03 Å². The van der Waals surface area contributed by atoms with Gasteiger partial charge in [-0.3, -0.25) is 29.8 Å². The first-order valence-electron chi connectivity index (χ1n) is 9.89. The molecule has 0 radical (unpaired) electrons. The lowest BCUT2D eigenvalue weighted by molar-refractivity contribution is -0.136. The molecule has 2 aliphatic rings. The van der Waals surface area contributed by atoms with Crippen LogP contribution in [0.2, 0.25) is 5.02 Å². The summed E-state index contributed by atoms with van der Waals surface area (Å²) in [7, 11) is 0. The number of fused-ring (bicyclic) bond motifs is 1. The minimum atomic E-state index is -0.793. The number of nitrogens with one attached hydrogen (secondary N) is 3. The standard InChI is InChI=1S/C22H19ClN4O5/c1-11-5-6-13(9-15(11)23)24-22(32)26-19(29)14-4-2-3-12-10-27(21(31)18(12)14)16-7-8-17(28)25-20(16)30/h2-6,9,16H,7-8,10H2,1H3,(H,25,28,30)(H2,24,26,29,32). The zero-order valence-corrected chi connectivity index (χ0v) is 17.8. The first-order chi connectivity index (χ1) is 15.2. The zero-order chi connectivity index (χ0) is 23.0. The monoisotopic (exact) mass is 454 g/mol. The molecular formula is C22H19ClN4O5. The maximum absolute atomic E-state index is 13.1. The largest absolute Gasteiger partial charge is 0.326 e. The van der Waals surface area contributed by atoms with Crippen molar-refractivity contribution in [3.63, 3.8) is 0 Å². The molecule has 9 nitrogen and oxygen atoms in total. The molecule has 0 aromatic heterocycles. The highest BCUT2D eigenvalue weighted by Crippen LogP contribution is 2.30. The van der Waals surface area contributed by atoms with Gasteiger partial charge in [-0.15, -0.1) is 0 Å². The van der Waals surface area contributed by atoms with Gasteiger partial charge in [-0.05, 0) is 42.7 Å². The molecule has 2 aromatic carbocycles. The van der Waals surface area contributed by atoms with Gasteiger partial charge in [-0.25, -0.2) is 4.79 Å². The van der Waals surface area contributed by atoms with Crippen LogP contribution in [0.5, 0.6) is 0 Å². The van der Waals surface area contributed by atoms with Gasteiger partial charge in [0.25, 0.3) is 11.8 Å². The lowest BCUT2D eigenvalue weighted by atomic mass is 10.0. The predicted molar refractivity (Wildman–Crippen MR) is 115 cm³/mol. The summed E-state index contributed by atoms with van der Waals surface area (Å²) in [6.07, 6.45) is 0.348. The van der Waals surface area contributed by atoms with Crippen molar-refractivity contribution in [1.29, 1.82) is 0 Å². The van der Waals surface area contributed by atoms with Crippen LogP contribution in [-0.4, -0.2) is 40.6 Å². The Morgan fingerprint density at radius 2 is 1.94 bits per heavy atom. The third-order valence-electron chi connectivity index (χ3n) is 5.45. The molecule has 32 heavy (non-hydrogen) atoms. The summed E-state index contributed by atoms with van der Waals surface area (Å²) in [6, 6.07) is 8.09. The van der Waals surface area contributed by atoms with Crippen molar-refractivity contribution in [2.75, 3.05) is 5.32 Å². The summed E-state index contributed by atoms with van der Waals surface area (Å²) in [6.45, 7) is 1.95. The molecule has 4 rings (SSSR count). The van der Waals surface area contributed by atoms with E-state index in [-0.39, 0.29) is 36.4 Å². The number of piperidine rings is 1. The minimum Gasteiger partial charge on any atom is -0.322 e. The highest BCUT2D eigenvalue weighted by atomic mass is 35.5. The highest BCUT2D eigenvalue weighted by molar-refractivity contribution is 6.31. The van der Waals surface area contributed by atoms with E-state index < -0.39 is 29.8 Å². The Morgan fingerprint density at radius 1 is 1.16 bits per heavy atom. The summed E-state index contributed by atoms with van der Waals surface area (Å²) in [5.74, 6) is -2.16. The Kier molecular flexibility index (Phi) is 5.67. The Hall–Kier alpha value is -3.72. The van der Waals surface area contributed by atoms with E-state index in [9.17, 15) is 24.0 Å². The van der Waals surface area contributed by atoms with Gasteiger partial charge in [0.2, 0.25) is 11.8 Å². The minimum absolute atomic E-state index is 0.0272. The van der Waals surface area contributed by atoms with E-state index in [2.05, 4.69) is 16.0 Å². The van der Waals surface area contributed by atoms with E-state index in [0.29, 0.717) is 16.3 Å². The second-order valence-electron chi connectivity index (χ2n) is 7.61. The van der Waals surface area contributed by atoms with Crippen LogP contribution in [-0.2, 0) is 16.1 Å². The molecule has 2 aromatic rings. The van der Waals surface area contributed by atoms with E-state index in [1.165, 1.54) is 11.0 Å². The van der Waals surface area contributed by atoms with Crippen LogP contribution in [0.15, 0.2) is 36.4 Å². The molecule has 10 heteroatoms. The van der Waals surface area contributed by atoms with E-state index >= 15 is 0 Å². The summed E-state index contributed by atoms with van der Waals surface area (Å²) >= 11 is 6.05. The molecule has 0 bridgehead atoms. The average Bonchev–Trinajstić information content (AvgIpc) is 3.07. The van der Waals surface area contributed by atoms with Crippen LogP contribution >= 0.6 is 11.6 Å². The van der Waals surface area contributed by atoms with E-state index in [1.807, 2.05) is 6.92 Å². The van der Waals surface area contributed by atoms with Crippen molar-refractivity contribution in [2.24, 2.45) is 0 Å². The van der Waals surface area contributed by atoms with Gasteiger partial charge in [-0.2, -0.15) is 0 Å². The number of rotatable bonds is 3. The van der Waals surface area contributed by atoms with Gasteiger partial charge < -0.3 is 10.2 Å². The number of imide groups is 2. The SMILES string of the molecule is Cc1ccc(NC(=O)NC(=O)c2cccc3c2C(=O)N(C2CCC(=O)NC2=O)C3)cc1Cl. The normalized spacial score (nSPS) is 17.6. The topological polar surface area (TPSA) is 125 Å². The summed E-state index contributed by atoms with van der Waals surface area (Å²) in [5.41, 5.74) is 1.98. The number of carbonyl (C=O) groups excluding carboxylic acids is 5. The number of nitrogens with zero attached hydrogens (tertiary/aromatic N) is 1. The third-order valence-corrected chi connectivity index (χ3v) is 5.86. The molecule has 2 aliphatic heterocycles. The number of halogens is 1.